The van der Waals surface area contributed by atoms with Gasteiger partial charge < -0.3 is 0 Å². The quantitative estimate of drug-likeness (QED) is 0.123. The van der Waals surface area contributed by atoms with Crippen LogP contribution < -0.4 is 21.2 Å². The molecule has 0 saturated heterocycles. The molecule has 1 nitrogen and oxygen atoms in total. The summed E-state index contributed by atoms with van der Waals surface area (Å²) in [4.78, 5) is 5.18. The fourth-order valence-electron chi connectivity index (χ4n) is 9.46. The standard InChI is InChI=1S/C50H29IN/c1-2-11-33(12-3-1)49-51-48-45(52-49)27-24-32-20-18-31-19-21-34(28-41(31)46(32)48)35-23-25-39-40-26-22-30-10-4-5-13-36(30)47(40)50(44(39)29-35)42-16-8-6-14-37(42)38-15-7-9-17-43(38)50/h1-29H/q-1. The average Bonchev–Trinajstić information content (AvgIpc) is 3.88. The van der Waals surface area contributed by atoms with Gasteiger partial charge in [-0.1, -0.05) is 30.3 Å². The first kappa shape index (κ1) is 28.8. The van der Waals surface area contributed by atoms with Gasteiger partial charge >= 0.3 is 284 Å². The van der Waals surface area contributed by atoms with Crippen LogP contribution >= 0.6 is 0 Å². The first-order valence-electron chi connectivity index (χ1n) is 17.9. The van der Waals surface area contributed by atoms with Crippen LogP contribution in [0.4, 0.5) is 5.69 Å². The molecular formula is C50H29IN-. The summed E-state index contributed by atoms with van der Waals surface area (Å²) in [6.45, 7) is 0. The van der Waals surface area contributed by atoms with Crippen molar-refractivity contribution >= 4 is 41.7 Å². The van der Waals surface area contributed by atoms with Crippen molar-refractivity contribution in [2.45, 2.75) is 5.41 Å². The van der Waals surface area contributed by atoms with Gasteiger partial charge in [0.15, 0.2) is 0 Å². The van der Waals surface area contributed by atoms with Crippen molar-refractivity contribution < 1.29 is 21.2 Å². The molecule has 0 radical (unpaired) electrons. The van der Waals surface area contributed by atoms with E-state index in [0.717, 1.165) is 5.69 Å². The molecule has 0 atom stereocenters. The topological polar surface area (TPSA) is 12.4 Å². The molecule has 0 unspecified atom stereocenters. The molecule has 2 aliphatic carbocycles. The Labute approximate surface area is 312 Å². The van der Waals surface area contributed by atoms with Gasteiger partial charge in [-0.25, -0.2) is 0 Å². The Hall–Kier alpha value is -5.84. The Morgan fingerprint density at radius 1 is 0.404 bits per heavy atom. The molecule has 0 saturated carbocycles. The van der Waals surface area contributed by atoms with Gasteiger partial charge in [-0.2, -0.15) is 0 Å². The molecule has 52 heavy (non-hydrogen) atoms. The average molecular weight is 771 g/mol. The molecule has 0 N–H and O–H groups in total. The van der Waals surface area contributed by atoms with Crippen LogP contribution in [-0.4, -0.2) is 3.72 Å². The number of rotatable bonds is 2. The van der Waals surface area contributed by atoms with E-state index in [1.165, 1.54) is 101 Å². The minimum absolute atomic E-state index is 0.408. The monoisotopic (exact) mass is 770 g/mol. The molecule has 0 fully saturated rings. The Morgan fingerprint density at radius 2 is 1.00 bits per heavy atom. The molecule has 0 amide bonds. The second-order valence-corrected chi connectivity index (χ2v) is 16.8. The van der Waals surface area contributed by atoms with Crippen LogP contribution in [0.3, 0.4) is 0 Å². The zero-order chi connectivity index (χ0) is 34.0. The number of halogens is 1. The van der Waals surface area contributed by atoms with Gasteiger partial charge in [0, 0.05) is 0 Å². The molecule has 2 heteroatoms. The van der Waals surface area contributed by atoms with Crippen molar-refractivity contribution in [3.63, 3.8) is 0 Å². The number of benzene rings is 9. The number of hydrogen-bond donors (Lipinski definition) is 0. The molecule has 0 bridgehead atoms. The maximum atomic E-state index is 5.18. The van der Waals surface area contributed by atoms with Gasteiger partial charge in [0.1, 0.15) is 0 Å². The molecule has 3 aliphatic rings. The van der Waals surface area contributed by atoms with Gasteiger partial charge in [-0.3, -0.25) is 0 Å². The molecule has 9 aromatic carbocycles. The third-order valence-corrected chi connectivity index (χ3v) is 14.6. The van der Waals surface area contributed by atoms with Crippen molar-refractivity contribution in [2.24, 2.45) is 4.99 Å². The summed E-state index contributed by atoms with van der Waals surface area (Å²) in [6, 6.07) is 66.0. The number of fused-ring (bicyclic) bond motifs is 17. The van der Waals surface area contributed by atoms with Gasteiger partial charge in [-0.05, 0) is 0 Å². The molecule has 12 rings (SSSR count). The Bertz CT molecular complexity index is 3000. The summed E-state index contributed by atoms with van der Waals surface area (Å²) >= 11 is -0.421. The number of nitrogens with zero attached hydrogens (tertiary/aromatic N) is 1. The van der Waals surface area contributed by atoms with Gasteiger partial charge in [0.25, 0.3) is 0 Å². The summed E-state index contributed by atoms with van der Waals surface area (Å²) in [5, 5.41) is 7.87. The van der Waals surface area contributed by atoms with E-state index >= 15 is 0 Å². The summed E-state index contributed by atoms with van der Waals surface area (Å²) in [6.07, 6.45) is 0. The van der Waals surface area contributed by atoms with E-state index in [1.807, 2.05) is 0 Å². The van der Waals surface area contributed by atoms with E-state index in [-0.39, 0.29) is 0 Å². The summed E-state index contributed by atoms with van der Waals surface area (Å²) in [5.41, 5.74) is 15.4. The minimum atomic E-state index is -0.421. The van der Waals surface area contributed by atoms with Gasteiger partial charge in [-0.15, -0.1) is 0 Å². The van der Waals surface area contributed by atoms with Crippen LogP contribution in [0.15, 0.2) is 181 Å². The summed E-state index contributed by atoms with van der Waals surface area (Å²) < 4.78 is 2.69. The normalized spacial score (nSPS) is 14.5. The van der Waals surface area contributed by atoms with E-state index in [9.17, 15) is 0 Å². The molecule has 0 aromatic heterocycles. The maximum absolute atomic E-state index is 5.18. The van der Waals surface area contributed by atoms with Gasteiger partial charge in [0.2, 0.25) is 0 Å². The van der Waals surface area contributed by atoms with Crippen LogP contribution in [0.1, 0.15) is 27.8 Å². The Balaban J connectivity index is 1.10. The molecular weight excluding hydrogens is 741 g/mol. The zero-order valence-electron chi connectivity index (χ0n) is 28.1. The molecule has 1 spiro atoms. The zero-order valence-corrected chi connectivity index (χ0v) is 30.2. The van der Waals surface area contributed by atoms with E-state index in [1.54, 1.807) is 0 Å². The van der Waals surface area contributed by atoms with E-state index in [0.29, 0.717) is 0 Å². The third-order valence-electron chi connectivity index (χ3n) is 11.6. The second-order valence-electron chi connectivity index (χ2n) is 14.2. The van der Waals surface area contributed by atoms with Gasteiger partial charge in [0.05, 0.1) is 0 Å². The summed E-state index contributed by atoms with van der Waals surface area (Å²) in [7, 11) is 0. The van der Waals surface area contributed by atoms with Crippen LogP contribution in [-0.2, 0) is 5.41 Å². The predicted molar refractivity (Wildman–Crippen MR) is 212 cm³/mol. The van der Waals surface area contributed by atoms with Crippen molar-refractivity contribution in [3.8, 4) is 33.4 Å². The molecule has 242 valence electrons. The fraction of sp³-hybridized carbons (Fsp3) is 0.0200. The van der Waals surface area contributed by atoms with Crippen LogP contribution in [0.5, 0.6) is 0 Å². The van der Waals surface area contributed by atoms with E-state index in [2.05, 4.69) is 176 Å². The SMILES string of the molecule is c1ccc(C2=Nc3ccc4ccc5ccc(-c6ccc7c(c6)C6(c8ccccc8-c8ccccc86)c6c-7ccc7ccccc67)cc5c4c3[I-]2)cc1. The van der Waals surface area contributed by atoms with Crippen molar-refractivity contribution in [1.29, 1.82) is 0 Å². The summed E-state index contributed by atoms with van der Waals surface area (Å²) in [5.74, 6) is 0. The second kappa shape index (κ2) is 10.6. The number of hydrogen-bond acceptors (Lipinski definition) is 1. The third kappa shape index (κ3) is 3.75. The first-order chi connectivity index (χ1) is 25.8. The predicted octanol–water partition coefficient (Wildman–Crippen LogP) is 9.51. The van der Waals surface area contributed by atoms with E-state index in [4.69, 9.17) is 4.99 Å². The van der Waals surface area contributed by atoms with Crippen molar-refractivity contribution in [3.05, 3.63) is 207 Å². The van der Waals surface area contributed by atoms with Crippen molar-refractivity contribution in [1.82, 2.24) is 0 Å². The molecule has 1 aliphatic heterocycles. The van der Waals surface area contributed by atoms with Crippen LogP contribution in [0.2, 0.25) is 0 Å². The van der Waals surface area contributed by atoms with Crippen LogP contribution in [0.25, 0.3) is 65.7 Å². The Kier molecular flexibility index (Phi) is 5.87. The van der Waals surface area contributed by atoms with Crippen LogP contribution in [0, 0.1) is 3.57 Å². The van der Waals surface area contributed by atoms with E-state index < -0.39 is 26.6 Å². The van der Waals surface area contributed by atoms with Crippen molar-refractivity contribution in [2.75, 3.05) is 0 Å². The number of aliphatic imine (C=N–C) groups is 1. The molecule has 1 heterocycles. The Morgan fingerprint density at radius 3 is 1.85 bits per heavy atom. The first-order valence-corrected chi connectivity index (χ1v) is 20.1. The fourth-order valence-corrected chi connectivity index (χ4v) is 12.5. The molecule has 9 aromatic rings.